The average molecular weight is 266 g/mol. The summed E-state index contributed by atoms with van der Waals surface area (Å²) in [6.45, 7) is 2.33. The fourth-order valence-electron chi connectivity index (χ4n) is 1.40. The lowest BCUT2D eigenvalue weighted by Crippen LogP contribution is -1.99. The van der Waals surface area contributed by atoms with Crippen molar-refractivity contribution in [1.29, 1.82) is 0 Å². The second-order valence-electron chi connectivity index (χ2n) is 4.05. The Morgan fingerprint density at radius 1 is 1.39 bits per heavy atom. The summed E-state index contributed by atoms with van der Waals surface area (Å²) in [7, 11) is 0. The Morgan fingerprint density at radius 2 is 2.06 bits per heavy atom. The summed E-state index contributed by atoms with van der Waals surface area (Å²) >= 11 is 1.81. The number of aliphatic carboxylic acids is 1. The molecule has 1 aromatic rings. The highest BCUT2D eigenvalue weighted by atomic mass is 32.2. The monoisotopic (exact) mass is 266 g/mol. The average Bonchev–Trinajstić information content (AvgIpc) is 2.35. The summed E-state index contributed by atoms with van der Waals surface area (Å²) in [4.78, 5) is 10.4. The van der Waals surface area contributed by atoms with Gasteiger partial charge in [-0.3, -0.25) is 0 Å². The zero-order valence-electron chi connectivity index (χ0n) is 10.4. The molecule has 4 heteroatoms. The number of carboxylic acids is 1. The minimum absolute atomic E-state index is 0.229. The smallest absolute Gasteiger partial charge is 0.328 e. The normalized spacial score (nSPS) is 12.8. The predicted molar refractivity (Wildman–Crippen MR) is 75.6 cm³/mol. The third-order valence-electron chi connectivity index (χ3n) is 2.47. The molecule has 98 valence electrons. The lowest BCUT2D eigenvalue weighted by Gasteiger charge is -2.09. The van der Waals surface area contributed by atoms with Crippen LogP contribution in [0, 0.1) is 0 Å². The van der Waals surface area contributed by atoms with Crippen LogP contribution in [0.2, 0.25) is 0 Å². The third-order valence-corrected chi connectivity index (χ3v) is 3.77. The number of thioether (sulfide) groups is 1. The molecule has 2 N–H and O–H groups in total. The van der Waals surface area contributed by atoms with Crippen molar-refractivity contribution in [2.45, 2.75) is 24.3 Å². The molecule has 1 atom stereocenters. The molecule has 0 fully saturated rings. The Hall–Kier alpha value is -1.26. The summed E-state index contributed by atoms with van der Waals surface area (Å²) in [6.07, 6.45) is 3.52. The van der Waals surface area contributed by atoms with Gasteiger partial charge in [0.15, 0.2) is 0 Å². The van der Waals surface area contributed by atoms with Crippen LogP contribution < -0.4 is 0 Å². The third kappa shape index (κ3) is 5.89. The van der Waals surface area contributed by atoms with Crippen molar-refractivity contribution < 1.29 is 15.0 Å². The summed E-state index contributed by atoms with van der Waals surface area (Å²) in [5, 5.41) is 17.8. The van der Waals surface area contributed by atoms with E-state index in [4.69, 9.17) is 10.2 Å². The number of aliphatic hydroxyl groups is 1. The van der Waals surface area contributed by atoms with Gasteiger partial charge in [0.25, 0.3) is 0 Å². The van der Waals surface area contributed by atoms with Gasteiger partial charge in [-0.25, -0.2) is 4.79 Å². The minimum atomic E-state index is -0.938. The van der Waals surface area contributed by atoms with E-state index in [1.54, 1.807) is 17.8 Å². The maximum absolute atomic E-state index is 10.4. The highest BCUT2D eigenvalue weighted by Crippen LogP contribution is 2.20. The van der Waals surface area contributed by atoms with Gasteiger partial charge in [-0.2, -0.15) is 11.8 Å². The van der Waals surface area contributed by atoms with Crippen molar-refractivity contribution in [3.63, 3.8) is 0 Å². The Balaban J connectivity index is 2.47. The Morgan fingerprint density at radius 3 is 2.61 bits per heavy atom. The molecule has 1 aromatic carbocycles. The van der Waals surface area contributed by atoms with Crippen LogP contribution in [0.4, 0.5) is 0 Å². The van der Waals surface area contributed by atoms with E-state index in [2.05, 4.69) is 6.92 Å². The fourth-order valence-corrected chi connectivity index (χ4v) is 2.34. The number of benzene rings is 1. The molecule has 0 saturated heterocycles. The topological polar surface area (TPSA) is 57.5 Å². The second-order valence-corrected chi connectivity index (χ2v) is 5.47. The maximum Gasteiger partial charge on any atom is 0.328 e. The zero-order valence-corrected chi connectivity index (χ0v) is 11.2. The predicted octanol–water partition coefficient (Wildman–Crippen LogP) is 2.79. The Kier molecular flexibility index (Phi) is 6.54. The van der Waals surface area contributed by atoms with E-state index in [1.807, 2.05) is 24.3 Å². The molecular weight excluding hydrogens is 248 g/mol. The fraction of sp³-hybridized carbons (Fsp3) is 0.357. The van der Waals surface area contributed by atoms with Crippen molar-refractivity contribution in [3.05, 3.63) is 41.5 Å². The number of carboxylic acid groups (broad SMARTS) is 1. The van der Waals surface area contributed by atoms with Crippen molar-refractivity contribution in [1.82, 2.24) is 0 Å². The van der Waals surface area contributed by atoms with E-state index in [9.17, 15) is 4.79 Å². The van der Waals surface area contributed by atoms with Crippen LogP contribution in [0.5, 0.6) is 0 Å². The van der Waals surface area contributed by atoms with Crippen molar-refractivity contribution in [3.8, 4) is 0 Å². The standard InChI is InChI=1S/C14H18O3S/c1-11(8-9-15)18-10-13-4-2-12(3-5-13)6-7-14(16)17/h2-7,11,15H,8-10H2,1H3,(H,16,17). The van der Waals surface area contributed by atoms with E-state index >= 15 is 0 Å². The minimum Gasteiger partial charge on any atom is -0.478 e. The van der Waals surface area contributed by atoms with Gasteiger partial charge in [0, 0.05) is 23.7 Å². The quantitative estimate of drug-likeness (QED) is 0.745. The van der Waals surface area contributed by atoms with Crippen molar-refractivity contribution >= 4 is 23.8 Å². The number of aliphatic hydroxyl groups excluding tert-OH is 1. The van der Waals surface area contributed by atoms with Gasteiger partial charge in [-0.1, -0.05) is 31.2 Å². The molecule has 3 nitrogen and oxygen atoms in total. The largest absolute Gasteiger partial charge is 0.478 e. The van der Waals surface area contributed by atoms with E-state index in [-0.39, 0.29) is 6.61 Å². The molecular formula is C14H18O3S. The number of carbonyl (C=O) groups is 1. The van der Waals surface area contributed by atoms with Gasteiger partial charge in [0.05, 0.1) is 0 Å². The molecule has 1 unspecified atom stereocenters. The molecule has 0 amide bonds. The Labute approximate surface area is 112 Å². The summed E-state index contributed by atoms with van der Waals surface area (Å²) < 4.78 is 0. The molecule has 0 bridgehead atoms. The molecule has 0 aliphatic rings. The van der Waals surface area contributed by atoms with Gasteiger partial charge in [-0.15, -0.1) is 0 Å². The molecule has 0 aliphatic carbocycles. The molecule has 18 heavy (non-hydrogen) atoms. The highest BCUT2D eigenvalue weighted by Gasteiger charge is 2.02. The van der Waals surface area contributed by atoms with Gasteiger partial charge < -0.3 is 10.2 Å². The molecule has 0 aliphatic heterocycles. The number of hydrogen-bond donors (Lipinski definition) is 2. The maximum atomic E-state index is 10.4. The van der Waals surface area contributed by atoms with Crippen LogP contribution >= 0.6 is 11.8 Å². The van der Waals surface area contributed by atoms with Crippen molar-refractivity contribution in [2.24, 2.45) is 0 Å². The lowest BCUT2D eigenvalue weighted by atomic mass is 10.1. The van der Waals surface area contributed by atoms with Gasteiger partial charge in [0.1, 0.15) is 0 Å². The van der Waals surface area contributed by atoms with Crippen LogP contribution in [-0.4, -0.2) is 28.0 Å². The van der Waals surface area contributed by atoms with Crippen LogP contribution in [-0.2, 0) is 10.5 Å². The SMILES string of the molecule is CC(CCO)SCc1ccc(C=CC(=O)O)cc1. The van der Waals surface area contributed by atoms with E-state index < -0.39 is 5.97 Å². The molecule has 0 spiro atoms. The zero-order chi connectivity index (χ0) is 13.4. The van der Waals surface area contributed by atoms with Crippen molar-refractivity contribution in [2.75, 3.05) is 6.61 Å². The first-order chi connectivity index (χ1) is 8.61. The molecule has 1 rings (SSSR count). The van der Waals surface area contributed by atoms with Gasteiger partial charge >= 0.3 is 5.97 Å². The number of rotatable bonds is 7. The first-order valence-corrected chi connectivity index (χ1v) is 6.89. The first-order valence-electron chi connectivity index (χ1n) is 5.84. The van der Waals surface area contributed by atoms with Crippen LogP contribution in [0.1, 0.15) is 24.5 Å². The summed E-state index contributed by atoms with van der Waals surface area (Å²) in [5.74, 6) is -0.0307. The van der Waals surface area contributed by atoms with Crippen LogP contribution in [0.25, 0.3) is 6.08 Å². The second kappa shape index (κ2) is 7.95. The van der Waals surface area contributed by atoms with E-state index in [0.29, 0.717) is 5.25 Å². The highest BCUT2D eigenvalue weighted by molar-refractivity contribution is 7.99. The van der Waals surface area contributed by atoms with E-state index in [0.717, 1.165) is 23.8 Å². The Bertz CT molecular complexity index is 398. The van der Waals surface area contributed by atoms with E-state index in [1.165, 1.54) is 5.56 Å². The molecule has 0 saturated carbocycles. The van der Waals surface area contributed by atoms with Crippen LogP contribution in [0.15, 0.2) is 30.3 Å². The first kappa shape index (κ1) is 14.8. The van der Waals surface area contributed by atoms with Gasteiger partial charge in [0.2, 0.25) is 0 Å². The summed E-state index contributed by atoms with van der Waals surface area (Å²) in [5.41, 5.74) is 2.09. The number of hydrogen-bond acceptors (Lipinski definition) is 3. The molecule has 0 radical (unpaired) electrons. The summed E-state index contributed by atoms with van der Waals surface area (Å²) in [6, 6.07) is 7.82. The van der Waals surface area contributed by atoms with Gasteiger partial charge in [-0.05, 0) is 23.6 Å². The lowest BCUT2D eigenvalue weighted by molar-refractivity contribution is -0.131. The molecule has 0 heterocycles. The molecule has 0 aromatic heterocycles. The van der Waals surface area contributed by atoms with Crippen LogP contribution in [0.3, 0.4) is 0 Å².